The lowest BCUT2D eigenvalue weighted by molar-refractivity contribution is 0.0662. The molecule has 3 N–H and O–H groups in total. The number of ether oxygens (including phenoxy) is 1. The maximum Gasteiger partial charge on any atom is 0.229 e. The van der Waals surface area contributed by atoms with Crippen LogP contribution in [0.2, 0.25) is 0 Å². The number of aromatic nitrogens is 6. The molecule has 0 atom stereocenters. The summed E-state index contributed by atoms with van der Waals surface area (Å²) in [4.78, 5) is 9.24. The van der Waals surface area contributed by atoms with Gasteiger partial charge in [-0.15, -0.1) is 0 Å². The van der Waals surface area contributed by atoms with Gasteiger partial charge in [0.25, 0.3) is 0 Å². The van der Waals surface area contributed by atoms with Crippen molar-refractivity contribution in [1.29, 1.82) is 0 Å². The Hall–Kier alpha value is -3.51. The number of nitrogens with one attached hydrogen (secondary N) is 3. The second kappa shape index (κ2) is 8.20. The summed E-state index contributed by atoms with van der Waals surface area (Å²) in [7, 11) is -3.39. The van der Waals surface area contributed by atoms with Gasteiger partial charge in [-0.25, -0.2) is 18.4 Å². The van der Waals surface area contributed by atoms with E-state index in [1.165, 1.54) is 0 Å². The number of rotatable bonds is 6. The molecule has 11 nitrogen and oxygen atoms in total. The first-order valence-electron chi connectivity index (χ1n) is 10.1. The van der Waals surface area contributed by atoms with Crippen LogP contribution in [0.4, 0.5) is 17.2 Å². The van der Waals surface area contributed by atoms with E-state index in [1.807, 2.05) is 16.9 Å². The van der Waals surface area contributed by atoms with Gasteiger partial charge in [-0.1, -0.05) is 12.1 Å². The van der Waals surface area contributed by atoms with Crippen LogP contribution < -0.4 is 10.0 Å². The quantitative estimate of drug-likeness (QED) is 0.404. The van der Waals surface area contributed by atoms with Gasteiger partial charge in [0.05, 0.1) is 30.4 Å². The number of hydrogen-bond donors (Lipinski definition) is 3. The van der Waals surface area contributed by atoms with E-state index in [0.29, 0.717) is 40.0 Å². The Balaban J connectivity index is 1.47. The topological polar surface area (TPSA) is 140 Å². The largest absolute Gasteiger partial charge is 0.381 e. The van der Waals surface area contributed by atoms with Crippen molar-refractivity contribution in [3.8, 4) is 11.4 Å². The van der Waals surface area contributed by atoms with Crippen LogP contribution in [0, 0.1) is 0 Å². The average Bonchev–Trinajstić information content (AvgIpc) is 3.43. The summed E-state index contributed by atoms with van der Waals surface area (Å²) in [5.74, 6) is 0.992. The maximum absolute atomic E-state index is 11.6. The third kappa shape index (κ3) is 4.41. The summed E-state index contributed by atoms with van der Waals surface area (Å²) in [6.45, 7) is 1.48. The molecule has 0 saturated carbocycles. The number of anilines is 3. The van der Waals surface area contributed by atoms with Gasteiger partial charge in [0.2, 0.25) is 10.0 Å². The average molecular weight is 455 g/mol. The van der Waals surface area contributed by atoms with E-state index < -0.39 is 10.0 Å². The summed E-state index contributed by atoms with van der Waals surface area (Å²) in [5, 5.41) is 14.8. The van der Waals surface area contributed by atoms with Crippen molar-refractivity contribution in [3.63, 3.8) is 0 Å². The zero-order valence-electron chi connectivity index (χ0n) is 17.3. The molecule has 0 aliphatic carbocycles. The van der Waals surface area contributed by atoms with Gasteiger partial charge in [-0.2, -0.15) is 10.2 Å². The molecule has 1 aliphatic heterocycles. The Kier molecular flexibility index (Phi) is 5.23. The molecule has 0 unspecified atom stereocenters. The zero-order chi connectivity index (χ0) is 22.1. The molecule has 3 aromatic heterocycles. The monoisotopic (exact) mass is 454 g/mol. The molecule has 1 saturated heterocycles. The minimum Gasteiger partial charge on any atom is -0.381 e. The lowest BCUT2D eigenvalue weighted by Gasteiger charge is -2.22. The second-order valence-electron chi connectivity index (χ2n) is 7.66. The fraction of sp³-hybridized carbons (Fsp3) is 0.300. The molecule has 4 aromatic rings. The number of aromatic amines is 1. The van der Waals surface area contributed by atoms with Gasteiger partial charge < -0.3 is 10.1 Å². The minimum absolute atomic E-state index is 0.317. The van der Waals surface area contributed by atoms with Gasteiger partial charge in [0.15, 0.2) is 11.6 Å². The van der Waals surface area contributed by atoms with Crippen LogP contribution in [0.5, 0.6) is 0 Å². The first-order chi connectivity index (χ1) is 15.4. The molecular weight excluding hydrogens is 432 g/mol. The molecule has 166 valence electrons. The van der Waals surface area contributed by atoms with E-state index >= 15 is 0 Å². The van der Waals surface area contributed by atoms with E-state index in [0.717, 1.165) is 38.0 Å². The Morgan fingerprint density at radius 3 is 2.81 bits per heavy atom. The molecule has 1 fully saturated rings. The molecule has 0 radical (unpaired) electrons. The molecule has 0 bridgehead atoms. The summed E-state index contributed by atoms with van der Waals surface area (Å²) in [6.07, 6.45) is 8.31. The first-order valence-corrected chi connectivity index (χ1v) is 12.0. The summed E-state index contributed by atoms with van der Waals surface area (Å²) >= 11 is 0. The predicted octanol–water partition coefficient (Wildman–Crippen LogP) is 2.68. The highest BCUT2D eigenvalue weighted by molar-refractivity contribution is 7.92. The van der Waals surface area contributed by atoms with Crippen molar-refractivity contribution < 1.29 is 13.2 Å². The summed E-state index contributed by atoms with van der Waals surface area (Å²) < 4.78 is 33.0. The van der Waals surface area contributed by atoms with Crippen LogP contribution in [0.25, 0.3) is 22.4 Å². The molecule has 0 spiro atoms. The van der Waals surface area contributed by atoms with Gasteiger partial charge in [-0.3, -0.25) is 14.5 Å². The second-order valence-corrected chi connectivity index (χ2v) is 9.41. The Bertz CT molecular complexity index is 1360. The molecule has 5 rings (SSSR count). The highest BCUT2D eigenvalue weighted by atomic mass is 32.2. The van der Waals surface area contributed by atoms with E-state index in [2.05, 4.69) is 35.3 Å². The fourth-order valence-corrected chi connectivity index (χ4v) is 4.24. The van der Waals surface area contributed by atoms with Gasteiger partial charge >= 0.3 is 0 Å². The number of sulfonamides is 1. The normalized spacial score (nSPS) is 15.2. The lowest BCUT2D eigenvalue weighted by Crippen LogP contribution is -2.19. The summed E-state index contributed by atoms with van der Waals surface area (Å²) in [5.41, 5.74) is 3.20. The van der Waals surface area contributed by atoms with Crippen LogP contribution in [0.1, 0.15) is 18.9 Å². The van der Waals surface area contributed by atoms with Crippen LogP contribution in [0.3, 0.4) is 0 Å². The maximum atomic E-state index is 11.6. The lowest BCUT2D eigenvalue weighted by atomic mass is 10.1. The number of fused-ring (bicyclic) bond motifs is 1. The van der Waals surface area contributed by atoms with E-state index in [4.69, 9.17) is 4.74 Å². The van der Waals surface area contributed by atoms with E-state index in [-0.39, 0.29) is 0 Å². The van der Waals surface area contributed by atoms with Crippen molar-refractivity contribution in [2.24, 2.45) is 0 Å². The molecular formula is C20H22N8O3S. The smallest absolute Gasteiger partial charge is 0.229 e. The third-order valence-electron chi connectivity index (χ3n) is 5.15. The molecule has 0 amide bonds. The predicted molar refractivity (Wildman–Crippen MR) is 120 cm³/mol. The van der Waals surface area contributed by atoms with Crippen molar-refractivity contribution in [3.05, 3.63) is 42.9 Å². The van der Waals surface area contributed by atoms with Crippen LogP contribution in [0.15, 0.2) is 42.9 Å². The van der Waals surface area contributed by atoms with Gasteiger partial charge in [-0.05, 0) is 25.0 Å². The van der Waals surface area contributed by atoms with Crippen molar-refractivity contribution in [2.75, 3.05) is 29.5 Å². The molecule has 1 aromatic carbocycles. The highest BCUT2D eigenvalue weighted by Gasteiger charge is 2.18. The Morgan fingerprint density at radius 1 is 1.16 bits per heavy atom. The zero-order valence-corrected chi connectivity index (χ0v) is 18.1. The first kappa shape index (κ1) is 20.4. The standard InChI is InChI=1S/C20H22N8O3S/c1-32(29,30)27-14-4-2-3-13(9-14)19-24-17-11-21-26-18(17)20(25-19)23-15-10-22-28(12-15)16-5-7-31-8-6-16/h2-4,9-12,16,27H,5-8H2,1H3,(H,21,26)(H,23,24,25). The van der Waals surface area contributed by atoms with Gasteiger partial charge in [0.1, 0.15) is 11.0 Å². The number of benzene rings is 1. The van der Waals surface area contributed by atoms with Crippen molar-refractivity contribution >= 4 is 38.2 Å². The van der Waals surface area contributed by atoms with E-state index in [9.17, 15) is 8.42 Å². The minimum atomic E-state index is -3.39. The fourth-order valence-electron chi connectivity index (χ4n) is 3.68. The van der Waals surface area contributed by atoms with Gasteiger partial charge in [0, 0.05) is 30.7 Å². The highest BCUT2D eigenvalue weighted by Crippen LogP contribution is 2.28. The Morgan fingerprint density at radius 2 is 2.00 bits per heavy atom. The molecule has 32 heavy (non-hydrogen) atoms. The van der Waals surface area contributed by atoms with Crippen LogP contribution >= 0.6 is 0 Å². The molecule has 4 heterocycles. The Labute approximate surface area is 184 Å². The number of H-pyrrole nitrogens is 1. The number of nitrogens with zero attached hydrogens (tertiary/aromatic N) is 5. The van der Waals surface area contributed by atoms with Crippen molar-refractivity contribution in [2.45, 2.75) is 18.9 Å². The summed E-state index contributed by atoms with van der Waals surface area (Å²) in [6, 6.07) is 7.25. The van der Waals surface area contributed by atoms with Crippen LogP contribution in [-0.4, -0.2) is 57.8 Å². The SMILES string of the molecule is CS(=O)(=O)Nc1cccc(-c2nc(Nc3cnn(C4CCOCC4)c3)c3[nH]ncc3n2)c1. The molecule has 1 aliphatic rings. The number of hydrogen-bond acceptors (Lipinski definition) is 8. The third-order valence-corrected chi connectivity index (χ3v) is 5.76. The van der Waals surface area contributed by atoms with Crippen molar-refractivity contribution in [1.82, 2.24) is 29.9 Å². The molecule has 12 heteroatoms. The van der Waals surface area contributed by atoms with E-state index in [1.54, 1.807) is 30.6 Å². The van der Waals surface area contributed by atoms with Crippen LogP contribution in [-0.2, 0) is 14.8 Å².